The first-order valence-electron chi connectivity index (χ1n) is 5.97. The molecule has 0 saturated carbocycles. The molecule has 0 radical (unpaired) electrons. The van der Waals surface area contributed by atoms with Gasteiger partial charge in [0.1, 0.15) is 0 Å². The van der Waals surface area contributed by atoms with Crippen LogP contribution in [0.2, 0.25) is 0 Å². The molecule has 2 heterocycles. The van der Waals surface area contributed by atoms with E-state index in [1.165, 1.54) is 4.80 Å². The Kier molecular flexibility index (Phi) is 4.03. The van der Waals surface area contributed by atoms with Crippen LogP contribution in [0.4, 0.5) is 0 Å². The van der Waals surface area contributed by atoms with E-state index in [2.05, 4.69) is 20.7 Å². The topological polar surface area (TPSA) is 75.9 Å². The van der Waals surface area contributed by atoms with Crippen molar-refractivity contribution in [1.82, 2.24) is 30.4 Å². The van der Waals surface area contributed by atoms with Crippen molar-refractivity contribution >= 4 is 5.91 Å². The highest BCUT2D eigenvalue weighted by molar-refractivity contribution is 5.76. The molecule has 1 aliphatic rings. The van der Waals surface area contributed by atoms with E-state index in [4.69, 9.17) is 0 Å². The molecule has 1 aromatic heterocycles. The van der Waals surface area contributed by atoms with Crippen LogP contribution in [0.5, 0.6) is 0 Å². The molecule has 1 fully saturated rings. The molecule has 94 valence electrons. The molecule has 1 saturated heterocycles. The number of carbonyl (C=O) groups is 1. The molecular formula is C10H18N6O. The van der Waals surface area contributed by atoms with Crippen LogP contribution >= 0.6 is 0 Å². The van der Waals surface area contributed by atoms with Gasteiger partial charge in [-0.3, -0.25) is 4.79 Å². The SMILES string of the molecule is Cn1nnc(CNCCC(=O)N2CCCC2)n1. The van der Waals surface area contributed by atoms with Crippen LogP contribution in [0, 0.1) is 0 Å². The highest BCUT2D eigenvalue weighted by Crippen LogP contribution is 2.08. The van der Waals surface area contributed by atoms with Crippen molar-refractivity contribution < 1.29 is 4.79 Å². The van der Waals surface area contributed by atoms with Gasteiger partial charge in [-0.1, -0.05) is 0 Å². The summed E-state index contributed by atoms with van der Waals surface area (Å²) in [4.78, 5) is 15.1. The lowest BCUT2D eigenvalue weighted by atomic mass is 10.3. The van der Waals surface area contributed by atoms with Crippen LogP contribution in [0.1, 0.15) is 25.1 Å². The zero-order chi connectivity index (χ0) is 12.1. The molecule has 0 aliphatic carbocycles. The van der Waals surface area contributed by atoms with Gasteiger partial charge < -0.3 is 10.2 Å². The highest BCUT2D eigenvalue weighted by Gasteiger charge is 2.16. The number of hydrogen-bond donors (Lipinski definition) is 1. The summed E-state index contributed by atoms with van der Waals surface area (Å²) in [6.07, 6.45) is 2.83. The molecule has 1 aromatic rings. The normalized spacial score (nSPS) is 15.5. The summed E-state index contributed by atoms with van der Waals surface area (Å²) in [5.74, 6) is 0.892. The first kappa shape index (κ1) is 12.0. The fraction of sp³-hybridized carbons (Fsp3) is 0.800. The summed E-state index contributed by atoms with van der Waals surface area (Å²) in [5, 5.41) is 14.8. The van der Waals surface area contributed by atoms with Gasteiger partial charge in [0.05, 0.1) is 13.6 Å². The molecule has 0 unspecified atom stereocenters. The van der Waals surface area contributed by atoms with Crippen LogP contribution in [-0.4, -0.2) is 50.6 Å². The third kappa shape index (κ3) is 3.48. The molecule has 2 rings (SSSR count). The number of amides is 1. The van der Waals surface area contributed by atoms with Crippen molar-refractivity contribution in [3.63, 3.8) is 0 Å². The monoisotopic (exact) mass is 238 g/mol. The standard InChI is InChI=1S/C10H18N6O/c1-15-13-9(12-14-15)8-11-5-4-10(17)16-6-2-3-7-16/h11H,2-8H2,1H3. The third-order valence-corrected chi connectivity index (χ3v) is 2.81. The Balaban J connectivity index is 1.61. The second kappa shape index (κ2) is 5.72. The maximum Gasteiger partial charge on any atom is 0.223 e. The minimum Gasteiger partial charge on any atom is -0.343 e. The number of hydrogen-bond acceptors (Lipinski definition) is 5. The number of carbonyl (C=O) groups excluding carboxylic acids is 1. The van der Waals surface area contributed by atoms with Crippen molar-refractivity contribution in [2.24, 2.45) is 7.05 Å². The van der Waals surface area contributed by atoms with Crippen molar-refractivity contribution in [1.29, 1.82) is 0 Å². The summed E-state index contributed by atoms with van der Waals surface area (Å²) in [5.41, 5.74) is 0. The average Bonchev–Trinajstić information content (AvgIpc) is 2.95. The summed E-state index contributed by atoms with van der Waals surface area (Å²) < 4.78 is 0. The summed E-state index contributed by atoms with van der Waals surface area (Å²) in [6.45, 7) is 3.06. The molecule has 7 nitrogen and oxygen atoms in total. The summed E-state index contributed by atoms with van der Waals surface area (Å²) >= 11 is 0. The van der Waals surface area contributed by atoms with Gasteiger partial charge in [-0.2, -0.15) is 4.80 Å². The lowest BCUT2D eigenvalue weighted by Crippen LogP contribution is -2.30. The molecule has 0 aromatic carbocycles. The zero-order valence-electron chi connectivity index (χ0n) is 10.1. The first-order valence-corrected chi connectivity index (χ1v) is 5.97. The number of rotatable bonds is 5. The van der Waals surface area contributed by atoms with E-state index in [9.17, 15) is 4.79 Å². The molecule has 1 amide bonds. The van der Waals surface area contributed by atoms with Gasteiger partial charge in [0.2, 0.25) is 5.91 Å². The van der Waals surface area contributed by atoms with E-state index in [1.54, 1.807) is 7.05 Å². The number of likely N-dealkylation sites (tertiary alicyclic amines) is 1. The van der Waals surface area contributed by atoms with Crippen LogP contribution < -0.4 is 5.32 Å². The summed E-state index contributed by atoms with van der Waals surface area (Å²) in [6, 6.07) is 0. The number of tetrazole rings is 1. The predicted molar refractivity (Wildman–Crippen MR) is 60.9 cm³/mol. The molecule has 7 heteroatoms. The van der Waals surface area contributed by atoms with E-state index >= 15 is 0 Å². The van der Waals surface area contributed by atoms with Crippen molar-refractivity contribution in [2.75, 3.05) is 19.6 Å². The number of aryl methyl sites for hydroxylation is 1. The highest BCUT2D eigenvalue weighted by atomic mass is 16.2. The second-order valence-corrected chi connectivity index (χ2v) is 4.21. The molecule has 0 bridgehead atoms. The Bertz CT molecular complexity index is 371. The van der Waals surface area contributed by atoms with Gasteiger partial charge in [-0.15, -0.1) is 10.2 Å². The second-order valence-electron chi connectivity index (χ2n) is 4.21. The van der Waals surface area contributed by atoms with Gasteiger partial charge in [-0.25, -0.2) is 0 Å². The van der Waals surface area contributed by atoms with Crippen molar-refractivity contribution in [3.05, 3.63) is 5.82 Å². The van der Waals surface area contributed by atoms with E-state index in [0.29, 0.717) is 25.3 Å². The molecule has 1 N–H and O–H groups in total. The lowest BCUT2D eigenvalue weighted by molar-refractivity contribution is -0.130. The maximum absolute atomic E-state index is 11.7. The smallest absolute Gasteiger partial charge is 0.223 e. The summed E-state index contributed by atoms with van der Waals surface area (Å²) in [7, 11) is 1.73. The minimum absolute atomic E-state index is 0.238. The maximum atomic E-state index is 11.7. The Morgan fingerprint density at radius 2 is 2.18 bits per heavy atom. The van der Waals surface area contributed by atoms with E-state index in [-0.39, 0.29) is 5.91 Å². The van der Waals surface area contributed by atoms with E-state index < -0.39 is 0 Å². The third-order valence-electron chi connectivity index (χ3n) is 2.81. The van der Waals surface area contributed by atoms with E-state index in [1.807, 2.05) is 4.90 Å². The van der Waals surface area contributed by atoms with Crippen LogP contribution in [0.15, 0.2) is 0 Å². The Labute approximate surface area is 100 Å². The first-order chi connectivity index (χ1) is 8.25. The van der Waals surface area contributed by atoms with E-state index in [0.717, 1.165) is 25.9 Å². The fourth-order valence-electron chi connectivity index (χ4n) is 1.91. The molecule has 0 atom stereocenters. The quantitative estimate of drug-likeness (QED) is 0.687. The van der Waals surface area contributed by atoms with Gasteiger partial charge in [-0.05, 0) is 18.1 Å². The van der Waals surface area contributed by atoms with Gasteiger partial charge >= 0.3 is 0 Å². The van der Waals surface area contributed by atoms with Gasteiger partial charge in [0.15, 0.2) is 5.82 Å². The fourth-order valence-corrected chi connectivity index (χ4v) is 1.91. The largest absolute Gasteiger partial charge is 0.343 e. The lowest BCUT2D eigenvalue weighted by Gasteiger charge is -2.14. The zero-order valence-corrected chi connectivity index (χ0v) is 10.1. The van der Waals surface area contributed by atoms with Gasteiger partial charge in [0, 0.05) is 26.1 Å². The number of nitrogens with zero attached hydrogens (tertiary/aromatic N) is 5. The number of aromatic nitrogens is 4. The predicted octanol–water partition coefficient (Wildman–Crippen LogP) is -0.688. The molecule has 17 heavy (non-hydrogen) atoms. The molecule has 1 aliphatic heterocycles. The van der Waals surface area contributed by atoms with Gasteiger partial charge in [0.25, 0.3) is 0 Å². The van der Waals surface area contributed by atoms with Crippen molar-refractivity contribution in [2.45, 2.75) is 25.8 Å². The minimum atomic E-state index is 0.238. The molecular weight excluding hydrogens is 220 g/mol. The van der Waals surface area contributed by atoms with Crippen LogP contribution in [0.25, 0.3) is 0 Å². The molecule has 0 spiro atoms. The Morgan fingerprint density at radius 1 is 1.41 bits per heavy atom. The Morgan fingerprint density at radius 3 is 2.82 bits per heavy atom. The Hall–Kier alpha value is -1.50. The van der Waals surface area contributed by atoms with Crippen molar-refractivity contribution in [3.8, 4) is 0 Å². The van der Waals surface area contributed by atoms with Crippen LogP contribution in [0.3, 0.4) is 0 Å². The van der Waals surface area contributed by atoms with Crippen LogP contribution in [-0.2, 0) is 18.4 Å². The number of nitrogens with one attached hydrogen (secondary N) is 1. The average molecular weight is 238 g/mol.